The van der Waals surface area contributed by atoms with E-state index in [1.54, 1.807) is 4.90 Å². The van der Waals surface area contributed by atoms with Gasteiger partial charge in [0.15, 0.2) is 5.11 Å². The zero-order valence-corrected chi connectivity index (χ0v) is 21.6. The average Bonchev–Trinajstić information content (AvgIpc) is 2.79. The lowest BCUT2D eigenvalue weighted by Gasteiger charge is -2.36. The zero-order valence-electron chi connectivity index (χ0n) is 20.8. The maximum absolute atomic E-state index is 12.3. The topological polar surface area (TPSA) is 87.7 Å². The molecule has 1 heterocycles. The van der Waals surface area contributed by atoms with Crippen molar-refractivity contribution < 1.29 is 19.1 Å². The van der Waals surface area contributed by atoms with Gasteiger partial charge in [-0.15, -0.1) is 0 Å². The van der Waals surface area contributed by atoms with Crippen molar-refractivity contribution >= 4 is 35.1 Å². The van der Waals surface area contributed by atoms with Crippen LogP contribution in [0.2, 0.25) is 0 Å². The molecule has 1 aliphatic heterocycles. The van der Waals surface area contributed by atoms with Crippen molar-refractivity contribution in [2.75, 3.05) is 19.7 Å². The molecule has 0 saturated carbocycles. The molecule has 1 unspecified atom stereocenters. The number of amides is 2. The van der Waals surface area contributed by atoms with E-state index in [9.17, 15) is 14.4 Å². The summed E-state index contributed by atoms with van der Waals surface area (Å²) in [6.07, 6.45) is 15.6. The Bertz CT molecular complexity index is 600. The fourth-order valence-corrected chi connectivity index (χ4v) is 4.24. The summed E-state index contributed by atoms with van der Waals surface area (Å²) in [7, 11) is 0. The zero-order chi connectivity index (χ0) is 24.3. The number of thiocarbonyl (C=S) groups is 1. The van der Waals surface area contributed by atoms with Gasteiger partial charge < -0.3 is 20.3 Å². The molecule has 1 saturated heterocycles. The van der Waals surface area contributed by atoms with Crippen LogP contribution in [0.15, 0.2) is 0 Å². The first-order valence-corrected chi connectivity index (χ1v) is 13.4. The second kappa shape index (κ2) is 18.7. The predicted molar refractivity (Wildman–Crippen MR) is 136 cm³/mol. The van der Waals surface area contributed by atoms with Crippen LogP contribution < -0.4 is 10.6 Å². The van der Waals surface area contributed by atoms with E-state index in [1.807, 2.05) is 6.92 Å². The van der Waals surface area contributed by atoms with E-state index < -0.39 is 12.0 Å². The van der Waals surface area contributed by atoms with Gasteiger partial charge in [-0.25, -0.2) is 0 Å². The lowest BCUT2D eigenvalue weighted by Crippen LogP contribution is -2.60. The molecule has 0 spiro atoms. The van der Waals surface area contributed by atoms with Gasteiger partial charge in [0, 0.05) is 19.5 Å². The highest BCUT2D eigenvalue weighted by Crippen LogP contribution is 2.13. The Hall–Kier alpha value is -1.70. The molecule has 1 rings (SSSR count). The van der Waals surface area contributed by atoms with E-state index in [0.717, 1.165) is 32.1 Å². The number of ether oxygens (including phenoxy) is 1. The van der Waals surface area contributed by atoms with Crippen LogP contribution in [-0.4, -0.2) is 53.5 Å². The summed E-state index contributed by atoms with van der Waals surface area (Å²) in [5.41, 5.74) is 0. The Kier molecular flexibility index (Phi) is 16.6. The number of hydrogen-bond donors (Lipinski definition) is 2. The molecule has 0 radical (unpaired) electrons. The van der Waals surface area contributed by atoms with Crippen molar-refractivity contribution in [2.45, 2.75) is 116 Å². The van der Waals surface area contributed by atoms with Gasteiger partial charge in [-0.1, -0.05) is 84.5 Å². The smallest absolute Gasteiger partial charge is 0.308 e. The lowest BCUT2D eigenvalue weighted by molar-refractivity contribution is -0.147. The van der Waals surface area contributed by atoms with Crippen molar-refractivity contribution in [3.05, 3.63) is 0 Å². The molecular formula is C25H45N3O4S. The number of nitrogens with one attached hydrogen (secondary N) is 2. The van der Waals surface area contributed by atoms with Crippen LogP contribution in [0.3, 0.4) is 0 Å². The number of esters is 1. The molecule has 0 aliphatic carbocycles. The standard InChI is InChI=1S/C25H45N3O4S/c1-3-5-7-8-9-10-11-12-13-14-15-16-22(29)27-25(33)28-18-17-26-24(31)21(28)20-23(30)32-19-6-4-2/h21H,3-20H2,1-2H3,(H,26,31)(H,27,29,33). The normalized spacial score (nSPS) is 15.8. The Morgan fingerprint density at radius 3 is 2.15 bits per heavy atom. The fraction of sp³-hybridized carbons (Fsp3) is 0.840. The van der Waals surface area contributed by atoms with Crippen LogP contribution in [-0.2, 0) is 19.1 Å². The molecule has 0 bridgehead atoms. The van der Waals surface area contributed by atoms with E-state index >= 15 is 0 Å². The van der Waals surface area contributed by atoms with Gasteiger partial charge in [0.1, 0.15) is 6.04 Å². The van der Waals surface area contributed by atoms with Crippen LogP contribution in [0.25, 0.3) is 0 Å². The molecule has 0 aromatic rings. The molecule has 33 heavy (non-hydrogen) atoms. The number of rotatable bonds is 17. The Morgan fingerprint density at radius 1 is 0.970 bits per heavy atom. The summed E-state index contributed by atoms with van der Waals surface area (Å²) in [6.45, 7) is 5.49. The molecule has 1 aliphatic rings. The van der Waals surface area contributed by atoms with Crippen LogP contribution in [0.4, 0.5) is 0 Å². The van der Waals surface area contributed by atoms with Crippen molar-refractivity contribution in [3.8, 4) is 0 Å². The van der Waals surface area contributed by atoms with Gasteiger partial charge in [-0.3, -0.25) is 14.4 Å². The van der Waals surface area contributed by atoms with Crippen LogP contribution in [0, 0.1) is 0 Å². The van der Waals surface area contributed by atoms with Crippen molar-refractivity contribution in [3.63, 3.8) is 0 Å². The van der Waals surface area contributed by atoms with Crippen molar-refractivity contribution in [2.24, 2.45) is 0 Å². The molecule has 8 heteroatoms. The summed E-state index contributed by atoms with van der Waals surface area (Å²) in [5.74, 6) is -0.826. The highest BCUT2D eigenvalue weighted by Gasteiger charge is 2.34. The van der Waals surface area contributed by atoms with Crippen LogP contribution in [0.1, 0.15) is 110 Å². The van der Waals surface area contributed by atoms with E-state index in [-0.39, 0.29) is 23.3 Å². The predicted octanol–water partition coefficient (Wildman–Crippen LogP) is 4.62. The number of carbonyl (C=O) groups is 3. The molecular weight excluding hydrogens is 438 g/mol. The second-order valence-corrected chi connectivity index (χ2v) is 9.30. The number of nitrogens with zero attached hydrogens (tertiary/aromatic N) is 1. The summed E-state index contributed by atoms with van der Waals surface area (Å²) < 4.78 is 5.19. The molecule has 7 nitrogen and oxygen atoms in total. The van der Waals surface area contributed by atoms with Gasteiger partial charge in [0.2, 0.25) is 11.8 Å². The highest BCUT2D eigenvalue weighted by atomic mass is 32.1. The van der Waals surface area contributed by atoms with Gasteiger partial charge in [0.05, 0.1) is 13.0 Å². The molecule has 2 N–H and O–H groups in total. The third kappa shape index (κ3) is 13.6. The highest BCUT2D eigenvalue weighted by molar-refractivity contribution is 7.80. The number of unbranched alkanes of at least 4 members (excludes halogenated alkanes) is 11. The van der Waals surface area contributed by atoms with E-state index in [2.05, 4.69) is 17.6 Å². The van der Waals surface area contributed by atoms with Crippen molar-refractivity contribution in [1.82, 2.24) is 15.5 Å². The van der Waals surface area contributed by atoms with E-state index in [4.69, 9.17) is 17.0 Å². The van der Waals surface area contributed by atoms with E-state index in [1.165, 1.54) is 51.4 Å². The monoisotopic (exact) mass is 483 g/mol. The molecule has 2 amide bonds. The fourth-order valence-electron chi connectivity index (χ4n) is 3.91. The third-order valence-electron chi connectivity index (χ3n) is 5.97. The lowest BCUT2D eigenvalue weighted by atomic mass is 10.1. The number of piperazine rings is 1. The van der Waals surface area contributed by atoms with Gasteiger partial charge in [0.25, 0.3) is 0 Å². The SMILES string of the molecule is CCCCCCCCCCCCCC(=O)NC(=S)N1CCNC(=O)C1CC(=O)OCCCC. The Morgan fingerprint density at radius 2 is 1.55 bits per heavy atom. The molecule has 0 aromatic heterocycles. The van der Waals surface area contributed by atoms with Gasteiger partial charge in [-0.05, 0) is 25.1 Å². The van der Waals surface area contributed by atoms with Crippen LogP contribution >= 0.6 is 12.2 Å². The first-order valence-electron chi connectivity index (χ1n) is 13.0. The summed E-state index contributed by atoms with van der Waals surface area (Å²) in [4.78, 5) is 38.4. The van der Waals surface area contributed by atoms with Crippen molar-refractivity contribution in [1.29, 1.82) is 0 Å². The minimum atomic E-state index is -0.748. The Balaban J connectivity index is 2.24. The van der Waals surface area contributed by atoms with Gasteiger partial charge in [-0.2, -0.15) is 0 Å². The maximum Gasteiger partial charge on any atom is 0.308 e. The number of hydrogen-bond acceptors (Lipinski definition) is 5. The second-order valence-electron chi connectivity index (χ2n) is 8.92. The summed E-state index contributed by atoms with van der Waals surface area (Å²) >= 11 is 5.39. The average molecular weight is 484 g/mol. The first-order chi connectivity index (χ1) is 16.0. The summed E-state index contributed by atoms with van der Waals surface area (Å²) in [5, 5.41) is 5.72. The molecule has 190 valence electrons. The summed E-state index contributed by atoms with van der Waals surface area (Å²) in [6, 6.07) is -0.748. The third-order valence-corrected chi connectivity index (χ3v) is 6.30. The largest absolute Gasteiger partial charge is 0.466 e. The first kappa shape index (κ1) is 29.3. The maximum atomic E-state index is 12.3. The van der Waals surface area contributed by atoms with Gasteiger partial charge >= 0.3 is 5.97 Å². The quantitative estimate of drug-likeness (QED) is 0.178. The molecule has 1 atom stereocenters. The van der Waals surface area contributed by atoms with Crippen LogP contribution in [0.5, 0.6) is 0 Å². The molecule has 0 aromatic carbocycles. The molecule has 1 fully saturated rings. The Labute approximate surface area is 205 Å². The number of carbonyl (C=O) groups excluding carboxylic acids is 3. The minimum absolute atomic E-state index is 0.0792. The van der Waals surface area contributed by atoms with E-state index in [0.29, 0.717) is 26.1 Å². The minimum Gasteiger partial charge on any atom is -0.466 e.